The molecule has 1 heterocycles. The summed E-state index contributed by atoms with van der Waals surface area (Å²) in [5.41, 5.74) is 1.79. The van der Waals surface area contributed by atoms with Gasteiger partial charge in [-0.25, -0.2) is 0 Å². The third-order valence-electron chi connectivity index (χ3n) is 2.94. The number of hydrogen-bond acceptors (Lipinski definition) is 2. The van der Waals surface area contributed by atoms with Gasteiger partial charge in [-0.1, -0.05) is 47.8 Å². The van der Waals surface area contributed by atoms with Gasteiger partial charge in [0.25, 0.3) is 0 Å². The molecular weight excluding hydrogens is 315 g/mol. The second-order valence-corrected chi connectivity index (χ2v) is 5.65. The van der Waals surface area contributed by atoms with E-state index >= 15 is 0 Å². The first-order chi connectivity index (χ1) is 9.63. The summed E-state index contributed by atoms with van der Waals surface area (Å²) in [6, 6.07) is 9.13. The fourth-order valence-electron chi connectivity index (χ4n) is 1.96. The monoisotopic (exact) mass is 328 g/mol. The number of hydrogen-bond donors (Lipinski definition) is 1. The maximum atomic E-state index is 6.26. The molecular formula is C15H15Cl3N2. The number of aromatic nitrogens is 1. The van der Waals surface area contributed by atoms with Crippen molar-refractivity contribution in [3.63, 3.8) is 0 Å². The maximum Gasteiger partial charge on any atom is 0.0804 e. The SMILES string of the molecule is CCCNC(c1ccc(Cl)c(Cl)c1)c1ncccc1Cl. The fraction of sp³-hybridized carbons (Fsp3) is 0.267. The Labute approximate surface area is 134 Å². The van der Waals surface area contributed by atoms with Crippen molar-refractivity contribution in [3.05, 3.63) is 62.9 Å². The van der Waals surface area contributed by atoms with Gasteiger partial charge in [0.2, 0.25) is 0 Å². The van der Waals surface area contributed by atoms with Crippen LogP contribution in [0.15, 0.2) is 36.5 Å². The average Bonchev–Trinajstić information content (AvgIpc) is 2.44. The minimum absolute atomic E-state index is 0.0987. The summed E-state index contributed by atoms with van der Waals surface area (Å²) in [5, 5.41) is 5.14. The molecule has 0 saturated carbocycles. The van der Waals surface area contributed by atoms with Crippen LogP contribution in [0, 0.1) is 0 Å². The van der Waals surface area contributed by atoms with Crippen molar-refractivity contribution in [1.29, 1.82) is 0 Å². The molecule has 2 nitrogen and oxygen atoms in total. The highest BCUT2D eigenvalue weighted by molar-refractivity contribution is 6.42. The summed E-state index contributed by atoms with van der Waals surface area (Å²) in [7, 11) is 0. The molecule has 0 aliphatic carbocycles. The Morgan fingerprint density at radius 1 is 1.10 bits per heavy atom. The van der Waals surface area contributed by atoms with Crippen molar-refractivity contribution in [2.24, 2.45) is 0 Å². The normalized spacial score (nSPS) is 12.4. The largest absolute Gasteiger partial charge is 0.305 e. The highest BCUT2D eigenvalue weighted by Gasteiger charge is 2.18. The highest BCUT2D eigenvalue weighted by Crippen LogP contribution is 2.30. The Kier molecular flexibility index (Phi) is 5.67. The van der Waals surface area contributed by atoms with Gasteiger partial charge in [-0.05, 0) is 42.8 Å². The average molecular weight is 330 g/mol. The summed E-state index contributed by atoms with van der Waals surface area (Å²) in [6.45, 7) is 2.97. The van der Waals surface area contributed by atoms with Crippen molar-refractivity contribution in [1.82, 2.24) is 10.3 Å². The number of benzene rings is 1. The summed E-state index contributed by atoms with van der Waals surface area (Å²) < 4.78 is 0. The van der Waals surface area contributed by atoms with Crippen LogP contribution in [0.1, 0.15) is 30.6 Å². The molecule has 0 aliphatic rings. The topological polar surface area (TPSA) is 24.9 Å². The Morgan fingerprint density at radius 2 is 1.90 bits per heavy atom. The van der Waals surface area contributed by atoms with Crippen molar-refractivity contribution < 1.29 is 0 Å². The molecule has 1 N–H and O–H groups in total. The number of nitrogens with one attached hydrogen (secondary N) is 1. The van der Waals surface area contributed by atoms with Gasteiger partial charge in [0.1, 0.15) is 0 Å². The van der Waals surface area contributed by atoms with E-state index in [1.807, 2.05) is 24.3 Å². The number of nitrogens with zero attached hydrogens (tertiary/aromatic N) is 1. The van der Waals surface area contributed by atoms with Gasteiger partial charge in [-0.15, -0.1) is 0 Å². The molecule has 0 saturated heterocycles. The van der Waals surface area contributed by atoms with E-state index in [1.165, 1.54) is 0 Å². The standard InChI is InChI=1S/C15H15Cl3N2/c1-2-7-19-14(15-12(17)4-3-8-20-15)10-5-6-11(16)13(18)9-10/h3-6,8-9,14,19H,2,7H2,1H3. The molecule has 0 bridgehead atoms. The molecule has 5 heteroatoms. The highest BCUT2D eigenvalue weighted by atomic mass is 35.5. The first kappa shape index (κ1) is 15.6. The van der Waals surface area contributed by atoms with Crippen LogP contribution in [0.4, 0.5) is 0 Å². The van der Waals surface area contributed by atoms with Crippen LogP contribution in [-0.4, -0.2) is 11.5 Å². The van der Waals surface area contributed by atoms with Gasteiger partial charge in [0, 0.05) is 6.20 Å². The van der Waals surface area contributed by atoms with Gasteiger partial charge < -0.3 is 5.32 Å². The first-order valence-electron chi connectivity index (χ1n) is 6.42. The molecule has 0 fully saturated rings. The van der Waals surface area contributed by atoms with Crippen LogP contribution in [0.2, 0.25) is 15.1 Å². The van der Waals surface area contributed by atoms with Crippen molar-refractivity contribution in [2.75, 3.05) is 6.54 Å². The number of halogens is 3. The lowest BCUT2D eigenvalue weighted by Gasteiger charge is -2.20. The second kappa shape index (κ2) is 7.28. The van der Waals surface area contributed by atoms with Gasteiger partial charge in [0.15, 0.2) is 0 Å². The van der Waals surface area contributed by atoms with Crippen LogP contribution >= 0.6 is 34.8 Å². The lowest BCUT2D eigenvalue weighted by molar-refractivity contribution is 0.587. The van der Waals surface area contributed by atoms with E-state index in [1.54, 1.807) is 12.3 Å². The van der Waals surface area contributed by atoms with Gasteiger partial charge in [0.05, 0.1) is 26.8 Å². The Balaban J connectivity index is 2.41. The Hall–Kier alpha value is -0.800. The molecule has 2 rings (SSSR count). The zero-order chi connectivity index (χ0) is 14.5. The molecule has 0 amide bonds. The van der Waals surface area contributed by atoms with Gasteiger partial charge >= 0.3 is 0 Å². The van der Waals surface area contributed by atoms with Crippen LogP contribution in [0.5, 0.6) is 0 Å². The van der Waals surface area contributed by atoms with E-state index in [0.717, 1.165) is 24.2 Å². The molecule has 1 aromatic heterocycles. The third-order valence-corrected chi connectivity index (χ3v) is 3.99. The zero-order valence-electron chi connectivity index (χ0n) is 11.0. The molecule has 1 aromatic carbocycles. The van der Waals surface area contributed by atoms with E-state index in [4.69, 9.17) is 34.8 Å². The van der Waals surface area contributed by atoms with E-state index in [9.17, 15) is 0 Å². The summed E-state index contributed by atoms with van der Waals surface area (Å²) in [5.74, 6) is 0. The van der Waals surface area contributed by atoms with E-state index in [-0.39, 0.29) is 6.04 Å². The third kappa shape index (κ3) is 3.64. The van der Waals surface area contributed by atoms with Crippen molar-refractivity contribution >= 4 is 34.8 Å². The van der Waals surface area contributed by atoms with Crippen LogP contribution < -0.4 is 5.32 Å². The second-order valence-electron chi connectivity index (χ2n) is 4.43. The van der Waals surface area contributed by atoms with E-state index in [2.05, 4.69) is 17.2 Å². The lowest BCUT2D eigenvalue weighted by atomic mass is 10.0. The molecule has 1 unspecified atom stereocenters. The molecule has 1 atom stereocenters. The quantitative estimate of drug-likeness (QED) is 0.822. The first-order valence-corrected chi connectivity index (χ1v) is 7.55. The summed E-state index contributed by atoms with van der Waals surface area (Å²) in [4.78, 5) is 4.39. The van der Waals surface area contributed by atoms with Crippen LogP contribution in [0.3, 0.4) is 0 Å². The minimum atomic E-state index is -0.0987. The minimum Gasteiger partial charge on any atom is -0.305 e. The van der Waals surface area contributed by atoms with Crippen LogP contribution in [0.25, 0.3) is 0 Å². The Morgan fingerprint density at radius 3 is 2.55 bits per heavy atom. The summed E-state index contributed by atoms with van der Waals surface area (Å²) in [6.07, 6.45) is 2.75. The lowest BCUT2D eigenvalue weighted by Crippen LogP contribution is -2.24. The predicted octanol–water partition coefficient (Wildman–Crippen LogP) is 5.13. The van der Waals surface area contributed by atoms with Gasteiger partial charge in [-0.2, -0.15) is 0 Å². The molecule has 106 valence electrons. The van der Waals surface area contributed by atoms with E-state index in [0.29, 0.717) is 15.1 Å². The van der Waals surface area contributed by atoms with Crippen molar-refractivity contribution in [2.45, 2.75) is 19.4 Å². The fourth-order valence-corrected chi connectivity index (χ4v) is 2.50. The van der Waals surface area contributed by atoms with Gasteiger partial charge in [-0.3, -0.25) is 4.98 Å². The smallest absolute Gasteiger partial charge is 0.0804 e. The number of rotatable bonds is 5. The predicted molar refractivity (Wildman–Crippen MR) is 85.8 cm³/mol. The van der Waals surface area contributed by atoms with Crippen molar-refractivity contribution in [3.8, 4) is 0 Å². The molecule has 0 aliphatic heterocycles. The van der Waals surface area contributed by atoms with E-state index < -0.39 is 0 Å². The zero-order valence-corrected chi connectivity index (χ0v) is 13.3. The maximum absolute atomic E-state index is 6.26. The molecule has 0 spiro atoms. The van der Waals surface area contributed by atoms with Crippen LogP contribution in [-0.2, 0) is 0 Å². The summed E-state index contributed by atoms with van der Waals surface area (Å²) >= 11 is 18.3. The Bertz CT molecular complexity index is 587. The number of pyridine rings is 1. The molecule has 20 heavy (non-hydrogen) atoms. The molecule has 2 aromatic rings. The molecule has 0 radical (unpaired) electrons.